The number of likely N-dealkylation sites (tertiary alicyclic amines) is 1. The number of aromatic nitrogens is 2. The number of para-hydroxylation sites is 1. The zero-order valence-corrected chi connectivity index (χ0v) is 30.4. The maximum absolute atomic E-state index is 14.2. The molecule has 1 saturated carbocycles. The number of piperidine rings is 3. The molecule has 0 spiro atoms. The number of aliphatic hydroxyl groups excluding tert-OH is 1. The van der Waals surface area contributed by atoms with Gasteiger partial charge in [0.05, 0.1) is 26.2 Å². The molecule has 268 valence electrons. The number of benzene rings is 2. The Morgan fingerprint density at radius 1 is 1.04 bits per heavy atom. The number of hydrogen-bond acceptors (Lipinski definition) is 7. The molecule has 4 aliphatic heterocycles. The van der Waals surface area contributed by atoms with E-state index in [-0.39, 0.29) is 47.7 Å². The zero-order chi connectivity index (χ0) is 35.3. The van der Waals surface area contributed by atoms with Crippen LogP contribution in [0.25, 0.3) is 21.8 Å². The molecule has 2 aromatic carbocycles. The SMILES string of the molecule is C/C=C1/CN(C)[C@H]2Cc3c([nH]c4ccccc34)[C@@H](c3ccc4c5c([nH]c4c3)[C@]3(C(=O)OC)C[C@H]4C[C@H]([C@H](C)O)[C@@H]3N(CC5)C4)C[C@@H]1[C@@H]2C(=O)OC. The highest BCUT2D eigenvalue weighted by molar-refractivity contribution is 5.92. The van der Waals surface area contributed by atoms with Gasteiger partial charge in [0, 0.05) is 76.7 Å². The molecular weight excluding hydrogens is 640 g/mol. The lowest BCUT2D eigenvalue weighted by Crippen LogP contribution is -2.68. The number of nitrogens with zero attached hydrogens (tertiary/aromatic N) is 2. The minimum atomic E-state index is -0.856. The number of methoxy groups -OCH3 is 2. The van der Waals surface area contributed by atoms with Crippen molar-refractivity contribution in [1.29, 1.82) is 0 Å². The summed E-state index contributed by atoms with van der Waals surface area (Å²) in [5.74, 6) is -0.253. The third-order valence-corrected chi connectivity index (χ3v) is 13.9. The molecule has 10 rings (SSSR count). The molecular formula is C42H50N4O5. The normalized spacial score (nSPS) is 34.4. The van der Waals surface area contributed by atoms with Gasteiger partial charge in [0.25, 0.3) is 0 Å². The molecule has 10 atom stereocenters. The topological polar surface area (TPSA) is 111 Å². The number of H-pyrrole nitrogens is 2. The molecule has 3 N–H and O–H groups in total. The van der Waals surface area contributed by atoms with E-state index in [9.17, 15) is 14.7 Å². The number of carbonyl (C=O) groups excluding carboxylic acids is 2. The summed E-state index contributed by atoms with van der Waals surface area (Å²) < 4.78 is 11.2. The van der Waals surface area contributed by atoms with Crippen LogP contribution >= 0.6 is 0 Å². The third kappa shape index (κ3) is 4.70. The van der Waals surface area contributed by atoms with Crippen molar-refractivity contribution in [2.45, 2.75) is 75.5 Å². The number of aliphatic hydroxyl groups is 1. The molecule has 6 bridgehead atoms. The second-order valence-corrected chi connectivity index (χ2v) is 16.2. The van der Waals surface area contributed by atoms with Crippen molar-refractivity contribution in [1.82, 2.24) is 19.8 Å². The van der Waals surface area contributed by atoms with Crippen molar-refractivity contribution in [3.05, 3.63) is 82.2 Å². The van der Waals surface area contributed by atoms with Crippen molar-refractivity contribution in [2.75, 3.05) is 40.9 Å². The summed E-state index contributed by atoms with van der Waals surface area (Å²) >= 11 is 0. The standard InChI is InChI=1S/C42H50N4O5/c1-6-24-21-45(3)35-18-32-26-9-7-8-10-33(26)43-37(32)31(17-30(24)36(35)40(48)50-4)25-11-12-27-28-13-14-46-20-23-15-29(22(2)47)39(46)42(19-23,41(49)51-5)38(28)44-34(27)16-25/h6-12,16,22-23,29-31,35-36,39,43-44,47H,13-15,17-21H2,1-5H3/b24-6-/t22-,23+,29+,30-,31+,35-,36-,39-,42+/m0/s1. The Balaban J connectivity index is 1.22. The molecule has 2 aromatic heterocycles. The van der Waals surface area contributed by atoms with E-state index in [2.05, 4.69) is 82.3 Å². The van der Waals surface area contributed by atoms with E-state index in [1.807, 2.05) is 6.92 Å². The zero-order valence-electron chi connectivity index (χ0n) is 30.4. The van der Waals surface area contributed by atoms with Crippen molar-refractivity contribution in [2.24, 2.45) is 23.7 Å². The number of likely N-dealkylation sites (N-methyl/N-ethyl adjacent to an activating group) is 1. The van der Waals surface area contributed by atoms with Gasteiger partial charge in [0.1, 0.15) is 5.41 Å². The second kappa shape index (κ2) is 12.1. The summed E-state index contributed by atoms with van der Waals surface area (Å²) in [6.07, 6.45) is 5.72. The van der Waals surface area contributed by atoms with Crippen LogP contribution in [0.15, 0.2) is 54.1 Å². The largest absolute Gasteiger partial charge is 0.469 e. The van der Waals surface area contributed by atoms with Gasteiger partial charge in [-0.3, -0.25) is 19.4 Å². The second-order valence-electron chi connectivity index (χ2n) is 16.2. The van der Waals surface area contributed by atoms with Crippen molar-refractivity contribution in [3.63, 3.8) is 0 Å². The lowest BCUT2D eigenvalue weighted by atomic mass is 9.56. The van der Waals surface area contributed by atoms with Crippen LogP contribution in [0.1, 0.15) is 67.1 Å². The number of fused-ring (bicyclic) bond motifs is 9. The highest BCUT2D eigenvalue weighted by Crippen LogP contribution is 2.56. The Hall–Kier alpha value is -3.92. The first kappa shape index (κ1) is 33.0. The summed E-state index contributed by atoms with van der Waals surface area (Å²) in [7, 11) is 5.16. The van der Waals surface area contributed by atoms with Gasteiger partial charge in [-0.05, 0) is 93.7 Å². The van der Waals surface area contributed by atoms with Gasteiger partial charge in [0.15, 0.2) is 0 Å². The van der Waals surface area contributed by atoms with Gasteiger partial charge in [-0.25, -0.2) is 0 Å². The van der Waals surface area contributed by atoms with Crippen LogP contribution in [-0.4, -0.2) is 95.9 Å². The van der Waals surface area contributed by atoms with E-state index >= 15 is 0 Å². The summed E-state index contributed by atoms with van der Waals surface area (Å²) in [6.45, 7) is 6.62. The first-order chi connectivity index (χ1) is 24.7. The minimum Gasteiger partial charge on any atom is -0.469 e. The lowest BCUT2D eigenvalue weighted by molar-refractivity contribution is -0.166. The van der Waals surface area contributed by atoms with Crippen LogP contribution < -0.4 is 0 Å². The van der Waals surface area contributed by atoms with Gasteiger partial charge < -0.3 is 24.5 Å². The summed E-state index contributed by atoms with van der Waals surface area (Å²) in [5.41, 5.74) is 8.43. The summed E-state index contributed by atoms with van der Waals surface area (Å²) in [5, 5.41) is 13.4. The number of carbonyl (C=O) groups is 2. The first-order valence-electron chi connectivity index (χ1n) is 18.9. The fourth-order valence-electron chi connectivity index (χ4n) is 11.8. The highest BCUT2D eigenvalue weighted by Gasteiger charge is 2.64. The number of ether oxygens (including phenoxy) is 2. The Labute approximate surface area is 299 Å². The van der Waals surface area contributed by atoms with Gasteiger partial charge in [0.2, 0.25) is 0 Å². The van der Waals surface area contributed by atoms with Crippen LogP contribution in [0.5, 0.6) is 0 Å². The van der Waals surface area contributed by atoms with Crippen molar-refractivity contribution in [3.8, 4) is 0 Å². The number of rotatable bonds is 4. The number of allylic oxidation sites excluding steroid dienone is 1. The van der Waals surface area contributed by atoms with Crippen molar-refractivity contribution >= 4 is 33.7 Å². The quantitative estimate of drug-likeness (QED) is 0.193. The molecule has 0 amide bonds. The minimum absolute atomic E-state index is 0.00168. The van der Waals surface area contributed by atoms with E-state index in [0.717, 1.165) is 73.9 Å². The average Bonchev–Trinajstić information content (AvgIpc) is 3.67. The van der Waals surface area contributed by atoms with E-state index in [0.29, 0.717) is 5.92 Å². The van der Waals surface area contributed by atoms with Gasteiger partial charge in [-0.15, -0.1) is 0 Å². The van der Waals surface area contributed by atoms with Gasteiger partial charge >= 0.3 is 11.9 Å². The van der Waals surface area contributed by atoms with Crippen LogP contribution in [0.4, 0.5) is 0 Å². The fraction of sp³-hybridized carbons (Fsp3) is 0.524. The molecule has 4 fully saturated rings. The number of aromatic amines is 2. The predicted molar refractivity (Wildman–Crippen MR) is 197 cm³/mol. The van der Waals surface area contributed by atoms with Crippen LogP contribution in [0, 0.1) is 23.7 Å². The van der Waals surface area contributed by atoms with Gasteiger partial charge in [-0.2, -0.15) is 0 Å². The average molecular weight is 691 g/mol. The molecule has 6 aliphatic rings. The number of esters is 2. The lowest BCUT2D eigenvalue weighted by Gasteiger charge is -2.58. The molecule has 0 radical (unpaired) electrons. The fourth-order valence-corrected chi connectivity index (χ4v) is 11.8. The first-order valence-corrected chi connectivity index (χ1v) is 18.9. The Bertz CT molecular complexity index is 2080. The molecule has 6 heterocycles. The van der Waals surface area contributed by atoms with E-state index < -0.39 is 11.5 Å². The monoisotopic (exact) mass is 690 g/mol. The number of hydrogen-bond donors (Lipinski definition) is 3. The highest BCUT2D eigenvalue weighted by atomic mass is 16.5. The predicted octanol–water partition coefficient (Wildman–Crippen LogP) is 5.45. The molecule has 4 aromatic rings. The van der Waals surface area contributed by atoms with Crippen molar-refractivity contribution < 1.29 is 24.2 Å². The van der Waals surface area contributed by atoms with Gasteiger partial charge in [-0.1, -0.05) is 42.0 Å². The molecule has 51 heavy (non-hydrogen) atoms. The van der Waals surface area contributed by atoms with Crippen LogP contribution in [0.2, 0.25) is 0 Å². The van der Waals surface area contributed by atoms with E-state index in [4.69, 9.17) is 9.47 Å². The Kier molecular flexibility index (Phi) is 7.80. The number of nitrogens with one attached hydrogen (secondary N) is 2. The molecule has 2 aliphatic carbocycles. The Morgan fingerprint density at radius 3 is 2.61 bits per heavy atom. The van der Waals surface area contributed by atoms with E-state index in [1.165, 1.54) is 47.6 Å². The molecule has 1 unspecified atom stereocenters. The van der Waals surface area contributed by atoms with Crippen LogP contribution in [-0.2, 0) is 37.3 Å². The molecule has 9 heteroatoms. The Morgan fingerprint density at radius 2 is 1.84 bits per heavy atom. The van der Waals surface area contributed by atoms with Crippen LogP contribution in [0.3, 0.4) is 0 Å². The molecule has 3 saturated heterocycles. The smallest absolute Gasteiger partial charge is 0.319 e. The maximum Gasteiger partial charge on any atom is 0.319 e. The van der Waals surface area contributed by atoms with E-state index in [1.54, 1.807) is 0 Å². The third-order valence-electron chi connectivity index (χ3n) is 13.9. The summed E-state index contributed by atoms with van der Waals surface area (Å²) in [6, 6.07) is 15.3. The molecule has 9 nitrogen and oxygen atoms in total. The summed E-state index contributed by atoms with van der Waals surface area (Å²) in [4.78, 5) is 40.4. The maximum atomic E-state index is 14.2.